The van der Waals surface area contributed by atoms with Crippen molar-refractivity contribution in [1.82, 2.24) is 0 Å². The Balaban J connectivity index is 2.22. The van der Waals surface area contributed by atoms with Gasteiger partial charge in [0.05, 0.1) is 10.3 Å². The number of halogens is 1. The first-order chi connectivity index (χ1) is 9.88. The van der Waals surface area contributed by atoms with Crippen molar-refractivity contribution < 1.29 is 4.92 Å². The Hall–Kier alpha value is -1.87. The molecule has 110 valence electrons. The van der Waals surface area contributed by atoms with Crippen LogP contribution in [0.15, 0.2) is 36.4 Å². The summed E-state index contributed by atoms with van der Waals surface area (Å²) >= 11 is 6.57. The minimum absolute atomic E-state index is 0.104. The summed E-state index contributed by atoms with van der Waals surface area (Å²) in [6, 6.07) is 10.8. The Morgan fingerprint density at radius 3 is 2.10 bits per heavy atom. The molecule has 0 heterocycles. The summed E-state index contributed by atoms with van der Waals surface area (Å²) in [5.74, 6) is 0. The van der Waals surface area contributed by atoms with Gasteiger partial charge in [-0.1, -0.05) is 29.8 Å². The van der Waals surface area contributed by atoms with Crippen LogP contribution in [0.1, 0.15) is 33.2 Å². The van der Waals surface area contributed by atoms with Gasteiger partial charge in [0.1, 0.15) is 0 Å². The molecule has 0 fully saturated rings. The standard InChI is InChI=1S/C17H18ClNO2/c1-11-8-12(2)17(13(3)9-11)16(18)10-14-4-6-15(7-5-14)19(20)21/h4-9,16H,10H2,1-3H3. The van der Waals surface area contributed by atoms with Crippen LogP contribution in [-0.2, 0) is 6.42 Å². The monoisotopic (exact) mass is 303 g/mol. The lowest BCUT2D eigenvalue weighted by atomic mass is 9.94. The van der Waals surface area contributed by atoms with Crippen LogP contribution in [0.4, 0.5) is 5.69 Å². The molecule has 0 aliphatic heterocycles. The zero-order chi connectivity index (χ0) is 15.6. The number of non-ortho nitro benzene ring substituents is 1. The van der Waals surface area contributed by atoms with Gasteiger partial charge in [0.15, 0.2) is 0 Å². The lowest BCUT2D eigenvalue weighted by Crippen LogP contribution is -2.02. The van der Waals surface area contributed by atoms with Gasteiger partial charge in [0.25, 0.3) is 5.69 Å². The lowest BCUT2D eigenvalue weighted by Gasteiger charge is -2.17. The van der Waals surface area contributed by atoms with Gasteiger partial charge in [-0.25, -0.2) is 0 Å². The molecule has 0 radical (unpaired) electrons. The topological polar surface area (TPSA) is 43.1 Å². The fourth-order valence-corrected chi connectivity index (χ4v) is 3.27. The maximum atomic E-state index is 10.7. The fraction of sp³-hybridized carbons (Fsp3) is 0.294. The van der Waals surface area contributed by atoms with E-state index in [2.05, 4.69) is 32.9 Å². The molecule has 1 unspecified atom stereocenters. The number of alkyl halides is 1. The van der Waals surface area contributed by atoms with Crippen molar-refractivity contribution in [3.63, 3.8) is 0 Å². The average molecular weight is 304 g/mol. The van der Waals surface area contributed by atoms with Crippen molar-refractivity contribution in [1.29, 1.82) is 0 Å². The van der Waals surface area contributed by atoms with Gasteiger partial charge in [-0.15, -0.1) is 11.6 Å². The molecule has 0 saturated carbocycles. The number of nitro groups is 1. The first-order valence-corrected chi connectivity index (χ1v) is 7.27. The largest absolute Gasteiger partial charge is 0.269 e. The molecule has 21 heavy (non-hydrogen) atoms. The Morgan fingerprint density at radius 1 is 1.10 bits per heavy atom. The molecule has 0 N–H and O–H groups in total. The van der Waals surface area contributed by atoms with E-state index in [1.807, 2.05) is 0 Å². The van der Waals surface area contributed by atoms with E-state index < -0.39 is 4.92 Å². The quantitative estimate of drug-likeness (QED) is 0.451. The molecule has 0 bridgehead atoms. The highest BCUT2D eigenvalue weighted by Gasteiger charge is 2.15. The number of nitrogens with zero attached hydrogens (tertiary/aromatic N) is 1. The number of hydrogen-bond donors (Lipinski definition) is 0. The molecule has 0 amide bonds. The highest BCUT2D eigenvalue weighted by molar-refractivity contribution is 6.21. The molecule has 4 heteroatoms. The summed E-state index contributed by atoms with van der Waals surface area (Å²) in [6.07, 6.45) is 0.657. The summed E-state index contributed by atoms with van der Waals surface area (Å²) in [4.78, 5) is 10.3. The molecule has 3 nitrogen and oxygen atoms in total. The molecule has 0 aliphatic rings. The maximum Gasteiger partial charge on any atom is 0.269 e. The van der Waals surface area contributed by atoms with Gasteiger partial charge in [0.2, 0.25) is 0 Å². The third-order valence-electron chi connectivity index (χ3n) is 3.61. The van der Waals surface area contributed by atoms with Crippen molar-refractivity contribution in [3.8, 4) is 0 Å². The van der Waals surface area contributed by atoms with E-state index in [0.717, 1.165) is 11.1 Å². The van der Waals surface area contributed by atoms with Crippen LogP contribution in [0.25, 0.3) is 0 Å². The summed E-state index contributed by atoms with van der Waals surface area (Å²) in [7, 11) is 0. The molecule has 2 aromatic carbocycles. The van der Waals surface area contributed by atoms with E-state index in [-0.39, 0.29) is 11.1 Å². The summed E-state index contributed by atoms with van der Waals surface area (Å²) in [5, 5.41) is 10.5. The van der Waals surface area contributed by atoms with Crippen molar-refractivity contribution in [3.05, 3.63) is 74.3 Å². The van der Waals surface area contributed by atoms with E-state index in [9.17, 15) is 10.1 Å². The lowest BCUT2D eigenvalue weighted by molar-refractivity contribution is -0.384. The van der Waals surface area contributed by atoms with Crippen molar-refractivity contribution in [2.45, 2.75) is 32.6 Å². The van der Waals surface area contributed by atoms with Gasteiger partial charge < -0.3 is 0 Å². The predicted octanol–water partition coefficient (Wildman–Crippen LogP) is 5.04. The van der Waals surface area contributed by atoms with Gasteiger partial charge in [-0.05, 0) is 49.4 Å². The van der Waals surface area contributed by atoms with Crippen LogP contribution in [0.3, 0.4) is 0 Å². The van der Waals surface area contributed by atoms with Crippen molar-refractivity contribution in [2.24, 2.45) is 0 Å². The predicted molar refractivity (Wildman–Crippen MR) is 86.0 cm³/mol. The molecule has 0 aliphatic carbocycles. The van der Waals surface area contributed by atoms with Gasteiger partial charge in [-0.3, -0.25) is 10.1 Å². The molecular weight excluding hydrogens is 286 g/mol. The SMILES string of the molecule is Cc1cc(C)c(C(Cl)Cc2ccc([N+](=O)[O-])cc2)c(C)c1. The van der Waals surface area contributed by atoms with Crippen LogP contribution in [-0.4, -0.2) is 4.92 Å². The second-order valence-corrected chi connectivity index (χ2v) is 5.93. The van der Waals surface area contributed by atoms with Gasteiger partial charge in [-0.2, -0.15) is 0 Å². The minimum Gasteiger partial charge on any atom is -0.258 e. The molecular formula is C17H18ClNO2. The highest BCUT2D eigenvalue weighted by atomic mass is 35.5. The van der Waals surface area contributed by atoms with E-state index in [1.165, 1.54) is 28.8 Å². The Morgan fingerprint density at radius 2 is 1.62 bits per heavy atom. The van der Waals surface area contributed by atoms with E-state index in [0.29, 0.717) is 6.42 Å². The third kappa shape index (κ3) is 3.61. The summed E-state index contributed by atoms with van der Waals surface area (Å²) in [5.41, 5.74) is 5.87. The average Bonchev–Trinajstić information content (AvgIpc) is 2.37. The Kier molecular flexibility index (Phi) is 4.63. The molecule has 0 saturated heterocycles. The first-order valence-electron chi connectivity index (χ1n) is 6.83. The molecule has 1 atom stereocenters. The Bertz CT molecular complexity index is 642. The van der Waals surface area contributed by atoms with E-state index >= 15 is 0 Å². The Labute approximate surface area is 129 Å². The highest BCUT2D eigenvalue weighted by Crippen LogP contribution is 2.31. The maximum absolute atomic E-state index is 10.7. The first kappa shape index (κ1) is 15.5. The number of rotatable bonds is 4. The second kappa shape index (κ2) is 6.27. The summed E-state index contributed by atoms with van der Waals surface area (Å²) in [6.45, 7) is 6.21. The second-order valence-electron chi connectivity index (χ2n) is 5.41. The van der Waals surface area contributed by atoms with Crippen LogP contribution >= 0.6 is 11.6 Å². The van der Waals surface area contributed by atoms with Crippen molar-refractivity contribution in [2.75, 3.05) is 0 Å². The fourth-order valence-electron chi connectivity index (χ4n) is 2.75. The van der Waals surface area contributed by atoms with Crippen molar-refractivity contribution >= 4 is 17.3 Å². The minimum atomic E-state index is -0.393. The van der Waals surface area contributed by atoms with Crippen LogP contribution in [0.2, 0.25) is 0 Å². The zero-order valence-corrected chi connectivity index (χ0v) is 13.1. The molecule has 2 rings (SSSR count). The number of aryl methyl sites for hydroxylation is 3. The third-order valence-corrected chi connectivity index (χ3v) is 3.99. The normalized spacial score (nSPS) is 12.2. The van der Waals surface area contributed by atoms with Gasteiger partial charge in [0, 0.05) is 12.1 Å². The smallest absolute Gasteiger partial charge is 0.258 e. The van der Waals surface area contributed by atoms with Crippen LogP contribution in [0.5, 0.6) is 0 Å². The summed E-state index contributed by atoms with van der Waals surface area (Å²) < 4.78 is 0. The van der Waals surface area contributed by atoms with E-state index in [4.69, 9.17) is 11.6 Å². The van der Waals surface area contributed by atoms with Gasteiger partial charge >= 0.3 is 0 Å². The number of benzene rings is 2. The number of hydrogen-bond acceptors (Lipinski definition) is 2. The van der Waals surface area contributed by atoms with Crippen LogP contribution < -0.4 is 0 Å². The van der Waals surface area contributed by atoms with E-state index in [1.54, 1.807) is 12.1 Å². The zero-order valence-electron chi connectivity index (χ0n) is 12.4. The molecule has 0 spiro atoms. The number of nitro benzene ring substituents is 1. The van der Waals surface area contributed by atoms with Crippen LogP contribution in [0, 0.1) is 30.9 Å². The molecule has 2 aromatic rings. The molecule has 0 aromatic heterocycles.